The van der Waals surface area contributed by atoms with Gasteiger partial charge in [0.15, 0.2) is 0 Å². The number of nitrogens with two attached hydrogens (primary N) is 1. The molecule has 0 spiro atoms. The lowest BCUT2D eigenvalue weighted by Crippen LogP contribution is -2.17. The van der Waals surface area contributed by atoms with Crippen LogP contribution in [-0.2, 0) is 6.54 Å². The van der Waals surface area contributed by atoms with Crippen LogP contribution in [0.2, 0.25) is 0 Å². The molecule has 1 heterocycles. The summed E-state index contributed by atoms with van der Waals surface area (Å²) < 4.78 is 1.87. The van der Waals surface area contributed by atoms with Gasteiger partial charge in [-0.15, -0.1) is 0 Å². The van der Waals surface area contributed by atoms with Gasteiger partial charge in [0, 0.05) is 18.0 Å². The van der Waals surface area contributed by atoms with Crippen LogP contribution in [0.3, 0.4) is 0 Å². The third-order valence-corrected chi connectivity index (χ3v) is 2.79. The van der Waals surface area contributed by atoms with E-state index in [0.29, 0.717) is 0 Å². The van der Waals surface area contributed by atoms with E-state index in [0.717, 1.165) is 30.3 Å². The molecule has 0 saturated carbocycles. The Hall–Kier alpha value is -1.68. The number of nitrogens with zero attached hydrogens (tertiary/aromatic N) is 2. The zero-order valence-corrected chi connectivity index (χ0v) is 9.97. The van der Waals surface area contributed by atoms with Gasteiger partial charge in [-0.25, -0.2) is 0 Å². The third kappa shape index (κ3) is 2.71. The van der Waals surface area contributed by atoms with E-state index in [2.05, 4.69) is 5.10 Å². The number of hydrogen-bond donors (Lipinski definition) is 1. The summed E-state index contributed by atoms with van der Waals surface area (Å²) in [6.45, 7) is 2.79. The van der Waals surface area contributed by atoms with Gasteiger partial charge in [0.2, 0.25) is 5.43 Å². The van der Waals surface area contributed by atoms with Gasteiger partial charge in [-0.2, -0.15) is 5.10 Å². The predicted octanol–water partition coefficient (Wildman–Crippen LogP) is 1.52. The quantitative estimate of drug-likeness (QED) is 0.868. The molecule has 0 saturated heterocycles. The van der Waals surface area contributed by atoms with Crippen molar-refractivity contribution >= 4 is 10.9 Å². The van der Waals surface area contributed by atoms with Crippen molar-refractivity contribution in [2.45, 2.75) is 32.4 Å². The molecule has 0 aliphatic heterocycles. The molecule has 1 aromatic carbocycles. The molecular formula is C13H17N3O. The second-order valence-electron chi connectivity index (χ2n) is 4.37. The van der Waals surface area contributed by atoms with Crippen LogP contribution in [0.15, 0.2) is 35.3 Å². The average molecular weight is 231 g/mol. The Morgan fingerprint density at radius 2 is 2.18 bits per heavy atom. The van der Waals surface area contributed by atoms with Crippen molar-refractivity contribution in [1.82, 2.24) is 9.78 Å². The van der Waals surface area contributed by atoms with Crippen molar-refractivity contribution in [3.05, 3.63) is 40.7 Å². The van der Waals surface area contributed by atoms with Crippen molar-refractivity contribution in [2.75, 3.05) is 0 Å². The Balaban J connectivity index is 2.29. The first kappa shape index (κ1) is 11.8. The largest absolute Gasteiger partial charge is 0.328 e. The van der Waals surface area contributed by atoms with Crippen molar-refractivity contribution in [2.24, 2.45) is 5.73 Å². The molecule has 0 fully saturated rings. The minimum absolute atomic E-state index is 0.0240. The number of fused-ring (bicyclic) bond motifs is 1. The van der Waals surface area contributed by atoms with E-state index in [1.807, 2.05) is 35.9 Å². The van der Waals surface area contributed by atoms with E-state index < -0.39 is 0 Å². The van der Waals surface area contributed by atoms with E-state index in [-0.39, 0.29) is 11.5 Å². The fourth-order valence-electron chi connectivity index (χ4n) is 1.90. The molecule has 2 aromatic rings. The van der Waals surface area contributed by atoms with Gasteiger partial charge in [-0.05, 0) is 31.9 Å². The summed E-state index contributed by atoms with van der Waals surface area (Å²) in [6.07, 6.45) is 3.31. The first-order valence-electron chi connectivity index (χ1n) is 5.89. The van der Waals surface area contributed by atoms with E-state index in [1.54, 1.807) is 0 Å². The zero-order valence-electron chi connectivity index (χ0n) is 9.97. The minimum Gasteiger partial charge on any atom is -0.328 e. The normalized spacial score (nSPS) is 12.8. The highest BCUT2D eigenvalue weighted by Crippen LogP contribution is 2.09. The summed E-state index contributed by atoms with van der Waals surface area (Å²) in [5, 5.41) is 4.89. The molecule has 2 N–H and O–H groups in total. The summed E-state index contributed by atoms with van der Waals surface area (Å²) in [5.41, 5.74) is 6.58. The van der Waals surface area contributed by atoms with Crippen LogP contribution in [0.25, 0.3) is 10.9 Å². The molecule has 0 bridgehead atoms. The number of benzene rings is 1. The Kier molecular flexibility index (Phi) is 3.54. The highest BCUT2D eigenvalue weighted by molar-refractivity contribution is 5.77. The van der Waals surface area contributed by atoms with Gasteiger partial charge in [0.1, 0.15) is 0 Å². The van der Waals surface area contributed by atoms with Gasteiger partial charge in [-0.3, -0.25) is 9.48 Å². The second kappa shape index (κ2) is 5.10. The lowest BCUT2D eigenvalue weighted by atomic mass is 10.2. The Morgan fingerprint density at radius 3 is 2.94 bits per heavy atom. The van der Waals surface area contributed by atoms with Crippen LogP contribution >= 0.6 is 0 Å². The maximum absolute atomic E-state index is 11.6. The molecule has 2 rings (SSSR count). The molecule has 1 atom stereocenters. The van der Waals surface area contributed by atoms with E-state index in [9.17, 15) is 4.79 Å². The first-order chi connectivity index (χ1) is 8.18. The summed E-state index contributed by atoms with van der Waals surface area (Å²) >= 11 is 0. The number of aromatic nitrogens is 2. The molecule has 0 aliphatic rings. The van der Waals surface area contributed by atoms with Crippen molar-refractivity contribution in [3.8, 4) is 0 Å². The van der Waals surface area contributed by atoms with Crippen molar-refractivity contribution in [1.29, 1.82) is 0 Å². The van der Waals surface area contributed by atoms with Crippen LogP contribution in [0, 0.1) is 0 Å². The van der Waals surface area contributed by atoms with Crippen molar-refractivity contribution in [3.63, 3.8) is 0 Å². The molecule has 1 unspecified atom stereocenters. The predicted molar refractivity (Wildman–Crippen MR) is 68.9 cm³/mol. The van der Waals surface area contributed by atoms with Crippen LogP contribution in [0.5, 0.6) is 0 Å². The lowest BCUT2D eigenvalue weighted by Gasteiger charge is -2.09. The molecule has 90 valence electrons. The van der Waals surface area contributed by atoms with Gasteiger partial charge in [-0.1, -0.05) is 12.1 Å². The summed E-state index contributed by atoms with van der Waals surface area (Å²) in [6, 6.07) is 7.76. The molecule has 4 heteroatoms. The van der Waals surface area contributed by atoms with Crippen molar-refractivity contribution < 1.29 is 0 Å². The zero-order chi connectivity index (χ0) is 12.3. The topological polar surface area (TPSA) is 60.9 Å². The summed E-state index contributed by atoms with van der Waals surface area (Å²) in [4.78, 5) is 11.6. The maximum atomic E-state index is 11.6. The third-order valence-electron chi connectivity index (χ3n) is 2.79. The van der Waals surface area contributed by atoms with E-state index in [1.165, 1.54) is 6.20 Å². The Labute approximate surface area is 100 Å². The highest BCUT2D eigenvalue weighted by Gasteiger charge is 2.03. The molecule has 1 aromatic heterocycles. The maximum Gasteiger partial charge on any atom is 0.207 e. The fourth-order valence-corrected chi connectivity index (χ4v) is 1.90. The Bertz CT molecular complexity index is 560. The number of hydrogen-bond acceptors (Lipinski definition) is 3. The van der Waals surface area contributed by atoms with Crippen LogP contribution < -0.4 is 11.2 Å². The van der Waals surface area contributed by atoms with Crippen LogP contribution in [0.1, 0.15) is 19.8 Å². The highest BCUT2D eigenvalue weighted by atomic mass is 16.1. The number of rotatable bonds is 4. The summed E-state index contributed by atoms with van der Waals surface area (Å²) in [5.74, 6) is 0. The summed E-state index contributed by atoms with van der Waals surface area (Å²) in [7, 11) is 0. The number of aryl methyl sites for hydroxylation is 1. The minimum atomic E-state index is -0.0240. The lowest BCUT2D eigenvalue weighted by molar-refractivity contribution is 0.530. The Morgan fingerprint density at radius 1 is 1.41 bits per heavy atom. The van der Waals surface area contributed by atoms with Gasteiger partial charge < -0.3 is 5.73 Å². The standard InChI is InChI=1S/C13H17N3O/c1-10(14)5-4-8-16-12-7-3-2-6-11(12)13(17)9-15-16/h2-3,6-7,9-10H,4-5,8,14H2,1H3. The number of para-hydroxylation sites is 1. The van der Waals surface area contributed by atoms with Crippen LogP contribution in [-0.4, -0.2) is 15.8 Å². The van der Waals surface area contributed by atoms with E-state index >= 15 is 0 Å². The smallest absolute Gasteiger partial charge is 0.207 e. The molecule has 17 heavy (non-hydrogen) atoms. The molecular weight excluding hydrogens is 214 g/mol. The van der Waals surface area contributed by atoms with Crippen LogP contribution in [0.4, 0.5) is 0 Å². The molecule has 4 nitrogen and oxygen atoms in total. The second-order valence-corrected chi connectivity index (χ2v) is 4.37. The van der Waals surface area contributed by atoms with Gasteiger partial charge in [0.05, 0.1) is 11.7 Å². The SMILES string of the molecule is CC(N)CCCn1ncc(=O)c2ccccc21. The molecule has 0 amide bonds. The average Bonchev–Trinajstić information content (AvgIpc) is 2.32. The van der Waals surface area contributed by atoms with Gasteiger partial charge >= 0.3 is 0 Å². The first-order valence-corrected chi connectivity index (χ1v) is 5.89. The van der Waals surface area contributed by atoms with E-state index in [4.69, 9.17) is 5.73 Å². The van der Waals surface area contributed by atoms with Gasteiger partial charge in [0.25, 0.3) is 0 Å². The molecule has 0 radical (unpaired) electrons. The molecule has 0 aliphatic carbocycles. The monoisotopic (exact) mass is 231 g/mol. The fraction of sp³-hybridized carbons (Fsp3) is 0.385.